The highest BCUT2D eigenvalue weighted by atomic mass is 16.3. The Morgan fingerprint density at radius 2 is 0.911 bits per heavy atom. The third-order valence-corrected chi connectivity index (χ3v) is 11.2. The Morgan fingerprint density at radius 3 is 1.79 bits per heavy atom. The molecule has 11 aromatic rings. The average molecular weight is 714 g/mol. The molecule has 0 atom stereocenters. The van der Waals surface area contributed by atoms with E-state index < -0.39 is 0 Å². The van der Waals surface area contributed by atoms with Crippen molar-refractivity contribution < 1.29 is 4.42 Å². The Labute approximate surface area is 325 Å². The van der Waals surface area contributed by atoms with Crippen LogP contribution in [0.3, 0.4) is 0 Å². The van der Waals surface area contributed by atoms with Crippen LogP contribution in [0.2, 0.25) is 0 Å². The van der Waals surface area contributed by atoms with E-state index >= 15 is 0 Å². The molecule has 2 heteroatoms. The molecule has 0 saturated heterocycles. The van der Waals surface area contributed by atoms with E-state index in [1.807, 2.05) is 12.1 Å². The number of furan rings is 1. The van der Waals surface area contributed by atoms with Gasteiger partial charge in [0, 0.05) is 27.7 Å². The minimum Gasteiger partial charge on any atom is -0.456 e. The number of benzene rings is 10. The van der Waals surface area contributed by atoms with Crippen LogP contribution in [-0.2, 0) is 0 Å². The van der Waals surface area contributed by atoms with Crippen LogP contribution in [0.25, 0.3) is 87.6 Å². The average Bonchev–Trinajstić information content (AvgIpc) is 3.66. The van der Waals surface area contributed by atoms with Crippen LogP contribution in [0.4, 0.5) is 17.1 Å². The lowest BCUT2D eigenvalue weighted by Crippen LogP contribution is -2.11. The van der Waals surface area contributed by atoms with Gasteiger partial charge in [-0.2, -0.15) is 0 Å². The van der Waals surface area contributed by atoms with E-state index in [-0.39, 0.29) is 0 Å². The number of rotatable bonds is 6. The molecular formula is C54H35NO. The summed E-state index contributed by atoms with van der Waals surface area (Å²) in [7, 11) is 0. The third kappa shape index (κ3) is 5.26. The minimum atomic E-state index is 0.892. The Balaban J connectivity index is 1.13. The molecule has 0 radical (unpaired) electrons. The summed E-state index contributed by atoms with van der Waals surface area (Å²) in [4.78, 5) is 2.42. The summed E-state index contributed by atoms with van der Waals surface area (Å²) in [5.41, 5.74) is 12.1. The topological polar surface area (TPSA) is 16.4 Å². The van der Waals surface area contributed by atoms with Gasteiger partial charge in [-0.3, -0.25) is 0 Å². The SMILES string of the molecule is c1cc(-c2cccc3oc4ccccc4c23)cc(N(c2ccc(-c3cccc4ccccc34)cc2)c2ccccc2-c2cc3ccccc3c3ccccc23)c1. The Kier molecular flexibility index (Phi) is 7.53. The normalized spacial score (nSPS) is 11.6. The van der Waals surface area contributed by atoms with E-state index in [4.69, 9.17) is 4.42 Å². The molecule has 1 aromatic heterocycles. The number of nitrogens with zero attached hydrogens (tertiary/aromatic N) is 1. The fraction of sp³-hybridized carbons (Fsp3) is 0. The first-order valence-corrected chi connectivity index (χ1v) is 19.2. The second kappa shape index (κ2) is 13.2. The number of hydrogen-bond acceptors (Lipinski definition) is 2. The number of hydrogen-bond donors (Lipinski definition) is 0. The molecule has 262 valence electrons. The van der Waals surface area contributed by atoms with Crippen molar-refractivity contribution in [2.75, 3.05) is 4.90 Å². The van der Waals surface area contributed by atoms with Crippen molar-refractivity contribution in [3.05, 3.63) is 212 Å². The molecule has 0 saturated carbocycles. The fourth-order valence-electron chi connectivity index (χ4n) is 8.70. The molecule has 11 rings (SSSR count). The van der Waals surface area contributed by atoms with Gasteiger partial charge in [-0.15, -0.1) is 0 Å². The molecule has 0 amide bonds. The van der Waals surface area contributed by atoms with Crippen LogP contribution in [0.5, 0.6) is 0 Å². The molecular weight excluding hydrogens is 679 g/mol. The zero-order chi connectivity index (χ0) is 37.0. The highest BCUT2D eigenvalue weighted by Gasteiger charge is 2.21. The maximum absolute atomic E-state index is 6.33. The van der Waals surface area contributed by atoms with Crippen molar-refractivity contribution in [2.24, 2.45) is 0 Å². The van der Waals surface area contributed by atoms with Crippen molar-refractivity contribution in [1.29, 1.82) is 0 Å². The second-order valence-electron chi connectivity index (χ2n) is 14.4. The summed E-state index contributed by atoms with van der Waals surface area (Å²) in [5, 5.41) is 9.72. The summed E-state index contributed by atoms with van der Waals surface area (Å²) in [5.74, 6) is 0. The summed E-state index contributed by atoms with van der Waals surface area (Å²) in [6, 6.07) is 76.6. The molecule has 0 aliphatic heterocycles. The second-order valence-corrected chi connectivity index (χ2v) is 14.4. The van der Waals surface area contributed by atoms with Gasteiger partial charge < -0.3 is 9.32 Å². The number of para-hydroxylation sites is 2. The smallest absolute Gasteiger partial charge is 0.136 e. The molecule has 10 aromatic carbocycles. The highest BCUT2D eigenvalue weighted by Crippen LogP contribution is 2.46. The van der Waals surface area contributed by atoms with Crippen LogP contribution in [0.15, 0.2) is 217 Å². The largest absolute Gasteiger partial charge is 0.456 e. The van der Waals surface area contributed by atoms with Crippen molar-refractivity contribution >= 4 is 71.3 Å². The molecule has 56 heavy (non-hydrogen) atoms. The van der Waals surface area contributed by atoms with E-state index in [1.165, 1.54) is 54.6 Å². The van der Waals surface area contributed by atoms with Crippen LogP contribution in [0.1, 0.15) is 0 Å². The zero-order valence-electron chi connectivity index (χ0n) is 30.6. The molecule has 2 nitrogen and oxygen atoms in total. The first kappa shape index (κ1) is 32.0. The molecule has 0 N–H and O–H groups in total. The van der Waals surface area contributed by atoms with Crippen molar-refractivity contribution in [1.82, 2.24) is 0 Å². The zero-order valence-corrected chi connectivity index (χ0v) is 30.6. The van der Waals surface area contributed by atoms with Gasteiger partial charge in [0.05, 0.1) is 5.69 Å². The fourth-order valence-corrected chi connectivity index (χ4v) is 8.70. The maximum atomic E-state index is 6.33. The predicted molar refractivity (Wildman–Crippen MR) is 237 cm³/mol. The molecule has 0 unspecified atom stereocenters. The lowest BCUT2D eigenvalue weighted by Gasteiger charge is -2.29. The van der Waals surface area contributed by atoms with Gasteiger partial charge in [0.2, 0.25) is 0 Å². The monoisotopic (exact) mass is 713 g/mol. The molecule has 0 spiro atoms. The quantitative estimate of drug-likeness (QED) is 0.160. The first-order chi connectivity index (χ1) is 27.8. The summed E-state index contributed by atoms with van der Waals surface area (Å²) >= 11 is 0. The number of anilines is 3. The molecule has 0 aliphatic rings. The van der Waals surface area contributed by atoms with Gasteiger partial charge in [-0.05, 0) is 109 Å². The van der Waals surface area contributed by atoms with Crippen molar-refractivity contribution in [3.63, 3.8) is 0 Å². The Bertz CT molecular complexity index is 3260. The predicted octanol–water partition coefficient (Wildman–Crippen LogP) is 15.5. The van der Waals surface area contributed by atoms with Crippen molar-refractivity contribution in [2.45, 2.75) is 0 Å². The van der Waals surface area contributed by atoms with Crippen LogP contribution >= 0.6 is 0 Å². The van der Waals surface area contributed by atoms with E-state index in [2.05, 4.69) is 205 Å². The molecule has 1 heterocycles. The third-order valence-electron chi connectivity index (χ3n) is 11.2. The van der Waals surface area contributed by atoms with E-state index in [0.717, 1.165) is 50.1 Å². The minimum absolute atomic E-state index is 0.892. The lowest BCUT2D eigenvalue weighted by atomic mass is 9.92. The highest BCUT2D eigenvalue weighted by molar-refractivity contribution is 6.15. The van der Waals surface area contributed by atoms with Crippen molar-refractivity contribution in [3.8, 4) is 33.4 Å². The van der Waals surface area contributed by atoms with Gasteiger partial charge in [-0.1, -0.05) is 164 Å². The Hall–Kier alpha value is -7.42. The van der Waals surface area contributed by atoms with Gasteiger partial charge in [-0.25, -0.2) is 0 Å². The maximum Gasteiger partial charge on any atom is 0.136 e. The number of fused-ring (bicyclic) bond motifs is 7. The van der Waals surface area contributed by atoms with E-state index in [9.17, 15) is 0 Å². The van der Waals surface area contributed by atoms with Gasteiger partial charge in [0.25, 0.3) is 0 Å². The van der Waals surface area contributed by atoms with Crippen LogP contribution in [0, 0.1) is 0 Å². The van der Waals surface area contributed by atoms with Gasteiger partial charge in [0.1, 0.15) is 11.2 Å². The summed E-state index contributed by atoms with van der Waals surface area (Å²) < 4.78 is 6.33. The molecule has 0 fully saturated rings. The summed E-state index contributed by atoms with van der Waals surface area (Å²) in [6.07, 6.45) is 0. The standard InChI is InChI=1S/C54H35NO/c1-3-19-42-36(14-1)16-12-25-43(42)37-30-32-40(33-31-37)55(41-18-11-17-38(34-41)45-26-13-29-53-54(45)49-24-8-10-28-52(49)56-53)51-27-9-7-23-48(51)50-35-39-15-2-4-20-44(39)46-21-5-6-22-47(46)50/h1-35H. The van der Waals surface area contributed by atoms with Gasteiger partial charge >= 0.3 is 0 Å². The van der Waals surface area contributed by atoms with Crippen LogP contribution in [-0.4, -0.2) is 0 Å². The van der Waals surface area contributed by atoms with E-state index in [0.29, 0.717) is 0 Å². The van der Waals surface area contributed by atoms with E-state index in [1.54, 1.807) is 0 Å². The molecule has 0 aliphatic carbocycles. The van der Waals surface area contributed by atoms with Crippen LogP contribution < -0.4 is 4.90 Å². The molecule has 0 bridgehead atoms. The summed E-state index contributed by atoms with van der Waals surface area (Å²) in [6.45, 7) is 0. The first-order valence-electron chi connectivity index (χ1n) is 19.2. The lowest BCUT2D eigenvalue weighted by molar-refractivity contribution is 0.669. The van der Waals surface area contributed by atoms with Gasteiger partial charge in [0.15, 0.2) is 0 Å². The Morgan fingerprint density at radius 1 is 0.304 bits per heavy atom.